The summed E-state index contributed by atoms with van der Waals surface area (Å²) in [5, 5.41) is 21.1. The van der Waals surface area contributed by atoms with E-state index < -0.39 is 30.3 Å². The quantitative estimate of drug-likeness (QED) is 0.418. The molecular weight excluding hydrogens is 497 g/mol. The molecule has 0 bridgehead atoms. The average molecular weight is 515 g/mol. The van der Waals surface area contributed by atoms with Crippen molar-refractivity contribution in [3.05, 3.63) is 62.4 Å². The molecule has 3 aromatic rings. The summed E-state index contributed by atoms with van der Waals surface area (Å²) >= 11 is 4.63. The van der Waals surface area contributed by atoms with Crippen LogP contribution in [0.5, 0.6) is 0 Å². The van der Waals surface area contributed by atoms with Gasteiger partial charge in [-0.3, -0.25) is 4.79 Å². The van der Waals surface area contributed by atoms with Gasteiger partial charge in [0.15, 0.2) is 11.7 Å². The molecule has 2 aromatic heterocycles. The molecule has 3 atom stereocenters. The van der Waals surface area contributed by atoms with Crippen LogP contribution in [0.4, 0.5) is 24.7 Å². The average Bonchev–Trinajstić information content (AvgIpc) is 3.35. The molecule has 0 saturated heterocycles. The molecule has 1 aliphatic heterocycles. The van der Waals surface area contributed by atoms with Crippen molar-refractivity contribution in [1.82, 2.24) is 9.78 Å². The van der Waals surface area contributed by atoms with E-state index in [9.17, 15) is 23.1 Å². The topological polar surface area (TPSA) is 79.2 Å². The number of benzene rings is 1. The minimum atomic E-state index is -4.53. The lowest BCUT2D eigenvalue weighted by Crippen LogP contribution is -2.35. The molecule has 3 heterocycles. The lowest BCUT2D eigenvalue weighted by molar-refractivity contribution is -0.173. The number of carbonyl (C=O) groups is 1. The number of aliphatic hydroxyl groups excluding tert-OH is 1. The number of carbonyl (C=O) groups excluding carboxylic acids is 1. The molecular formula is C20H18BrF3N4O2S. The summed E-state index contributed by atoms with van der Waals surface area (Å²) in [5.74, 6) is -0.532. The number of hydrogen-bond donors (Lipinski definition) is 3. The highest BCUT2D eigenvalue weighted by molar-refractivity contribution is 9.10. The third-order valence-corrected chi connectivity index (χ3v) is 6.79. The van der Waals surface area contributed by atoms with Gasteiger partial charge >= 0.3 is 6.18 Å². The summed E-state index contributed by atoms with van der Waals surface area (Å²) in [6.07, 6.45) is -5.41. The van der Waals surface area contributed by atoms with Crippen molar-refractivity contribution < 1.29 is 23.1 Å². The number of thiophene rings is 1. The number of halogens is 4. The molecule has 0 saturated carbocycles. The van der Waals surface area contributed by atoms with E-state index in [0.29, 0.717) is 11.3 Å². The van der Waals surface area contributed by atoms with Crippen LogP contribution in [0.3, 0.4) is 0 Å². The number of aliphatic hydroxyl groups is 1. The van der Waals surface area contributed by atoms with Crippen molar-refractivity contribution in [3.63, 3.8) is 0 Å². The molecule has 3 N–H and O–H groups in total. The Morgan fingerprint density at radius 1 is 1.35 bits per heavy atom. The molecule has 3 unspecified atom stereocenters. The third kappa shape index (κ3) is 4.35. The first-order chi connectivity index (χ1) is 14.6. The van der Waals surface area contributed by atoms with Crippen LogP contribution in [0.1, 0.15) is 52.5 Å². The van der Waals surface area contributed by atoms with Crippen molar-refractivity contribution in [2.75, 3.05) is 10.6 Å². The van der Waals surface area contributed by atoms with Gasteiger partial charge in [-0.1, -0.05) is 18.2 Å². The maximum Gasteiger partial charge on any atom is 0.410 e. The van der Waals surface area contributed by atoms with E-state index in [1.165, 1.54) is 11.3 Å². The summed E-state index contributed by atoms with van der Waals surface area (Å²) in [7, 11) is 0. The zero-order valence-corrected chi connectivity index (χ0v) is 18.6. The summed E-state index contributed by atoms with van der Waals surface area (Å²) in [6, 6.07) is 7.67. The number of fused-ring (bicyclic) bond motifs is 1. The highest BCUT2D eigenvalue weighted by Crippen LogP contribution is 2.46. The van der Waals surface area contributed by atoms with E-state index in [1.54, 1.807) is 43.3 Å². The number of hydrogen-bond acceptors (Lipinski definition) is 5. The van der Waals surface area contributed by atoms with Gasteiger partial charge in [0, 0.05) is 17.0 Å². The van der Waals surface area contributed by atoms with Crippen molar-refractivity contribution in [3.8, 4) is 0 Å². The molecule has 0 aliphatic carbocycles. The van der Waals surface area contributed by atoms with Gasteiger partial charge in [0.05, 0.1) is 16.6 Å². The van der Waals surface area contributed by atoms with Crippen LogP contribution in [-0.2, 0) is 0 Å². The molecule has 1 aromatic carbocycles. The predicted molar refractivity (Wildman–Crippen MR) is 115 cm³/mol. The molecule has 1 amide bonds. The van der Waals surface area contributed by atoms with Gasteiger partial charge in [-0.2, -0.15) is 18.3 Å². The second kappa shape index (κ2) is 8.29. The lowest BCUT2D eigenvalue weighted by atomic mass is 10.0. The molecule has 4 rings (SSSR count). The number of nitrogens with zero attached hydrogens (tertiary/aromatic N) is 2. The van der Waals surface area contributed by atoms with E-state index in [1.807, 2.05) is 5.38 Å². The normalized spacial score (nSPS) is 19.4. The van der Waals surface area contributed by atoms with Gasteiger partial charge in [0.25, 0.3) is 5.91 Å². The first-order valence-electron chi connectivity index (χ1n) is 9.39. The Morgan fingerprint density at radius 3 is 2.65 bits per heavy atom. The highest BCUT2D eigenvalue weighted by atomic mass is 79.9. The Kier molecular flexibility index (Phi) is 5.84. The van der Waals surface area contributed by atoms with Crippen molar-refractivity contribution >= 4 is 44.7 Å². The fourth-order valence-corrected chi connectivity index (χ4v) is 4.79. The Morgan fingerprint density at radius 2 is 2.06 bits per heavy atom. The van der Waals surface area contributed by atoms with E-state index >= 15 is 0 Å². The minimum Gasteiger partial charge on any atom is -0.389 e. The molecule has 1 aliphatic rings. The maximum absolute atomic E-state index is 13.8. The van der Waals surface area contributed by atoms with Gasteiger partial charge < -0.3 is 15.7 Å². The largest absolute Gasteiger partial charge is 0.410 e. The summed E-state index contributed by atoms with van der Waals surface area (Å²) in [4.78, 5) is 13.5. The van der Waals surface area contributed by atoms with Crippen molar-refractivity contribution in [2.24, 2.45) is 0 Å². The molecule has 6 nitrogen and oxygen atoms in total. The number of anilines is 2. The third-order valence-electron chi connectivity index (χ3n) is 5.05. The Bertz CT molecular complexity index is 1080. The van der Waals surface area contributed by atoms with E-state index in [0.717, 1.165) is 9.56 Å². The number of nitrogens with one attached hydrogen (secondary N) is 2. The molecule has 0 radical (unpaired) electrons. The fourth-order valence-electron chi connectivity index (χ4n) is 3.45. The first kappa shape index (κ1) is 21.8. The van der Waals surface area contributed by atoms with Crippen molar-refractivity contribution in [1.29, 1.82) is 0 Å². The molecule has 0 spiro atoms. The monoisotopic (exact) mass is 514 g/mol. The predicted octanol–water partition coefficient (Wildman–Crippen LogP) is 5.67. The number of aromatic nitrogens is 2. The lowest BCUT2D eigenvalue weighted by Gasteiger charge is -2.33. The van der Waals surface area contributed by atoms with Crippen molar-refractivity contribution in [2.45, 2.75) is 37.7 Å². The molecule has 11 heteroatoms. The molecule has 164 valence electrons. The Hall–Kier alpha value is -2.37. The SMILES string of the molecule is CC(O)c1ccc(NC(=O)c2nn3c(c2Br)NC(c2cccs2)CC3C(F)(F)F)cc1. The van der Waals surface area contributed by atoms with E-state index in [4.69, 9.17) is 0 Å². The molecule has 0 fully saturated rings. The molecule has 31 heavy (non-hydrogen) atoms. The number of rotatable bonds is 4. The highest BCUT2D eigenvalue weighted by Gasteiger charge is 2.48. The van der Waals surface area contributed by atoms with Crippen LogP contribution < -0.4 is 10.6 Å². The van der Waals surface area contributed by atoms with Crippen LogP contribution in [0, 0.1) is 0 Å². The zero-order valence-electron chi connectivity index (χ0n) is 16.2. The zero-order chi connectivity index (χ0) is 22.3. The Labute approximate surface area is 188 Å². The van der Waals surface area contributed by atoms with Crippen LogP contribution in [0.25, 0.3) is 0 Å². The van der Waals surface area contributed by atoms with Crippen LogP contribution in [-0.4, -0.2) is 27.0 Å². The smallest absolute Gasteiger partial charge is 0.389 e. The summed E-state index contributed by atoms with van der Waals surface area (Å²) in [5.41, 5.74) is 0.959. The van der Waals surface area contributed by atoms with Gasteiger partial charge in [0.1, 0.15) is 5.82 Å². The second-order valence-corrected chi connectivity index (χ2v) is 8.99. The van der Waals surface area contributed by atoms with Gasteiger partial charge in [-0.15, -0.1) is 11.3 Å². The van der Waals surface area contributed by atoms with E-state index in [2.05, 4.69) is 31.7 Å². The van der Waals surface area contributed by atoms with Gasteiger partial charge in [-0.05, 0) is 52.0 Å². The van der Waals surface area contributed by atoms with Gasteiger partial charge in [-0.25, -0.2) is 4.68 Å². The van der Waals surface area contributed by atoms with Crippen LogP contribution >= 0.6 is 27.3 Å². The standard InChI is InChI=1S/C20H18BrF3N4O2S/c1-10(29)11-4-6-12(7-5-11)25-19(30)17-16(21)18-26-13(14-3-2-8-31-14)9-15(20(22,23)24)28(18)27-17/h2-8,10,13,15,26,29H,9H2,1H3,(H,25,30). The minimum absolute atomic E-state index is 0.113. The second-order valence-electron chi connectivity index (χ2n) is 7.21. The van der Waals surface area contributed by atoms with Gasteiger partial charge in [0.2, 0.25) is 0 Å². The van der Waals surface area contributed by atoms with Crippen LogP contribution in [0.15, 0.2) is 46.3 Å². The maximum atomic E-state index is 13.8. The number of alkyl halides is 3. The summed E-state index contributed by atoms with van der Waals surface area (Å²) in [6.45, 7) is 1.62. The fraction of sp³-hybridized carbons (Fsp3) is 0.300. The van der Waals surface area contributed by atoms with E-state index in [-0.39, 0.29) is 22.4 Å². The van der Waals surface area contributed by atoms with Crippen LogP contribution in [0.2, 0.25) is 0 Å². The first-order valence-corrected chi connectivity index (χ1v) is 11.1. The Balaban J connectivity index is 1.64. The number of amides is 1. The summed E-state index contributed by atoms with van der Waals surface area (Å²) < 4.78 is 42.4.